The highest BCUT2D eigenvalue weighted by atomic mass is 32.2. The molecule has 0 saturated heterocycles. The number of benzene rings is 2. The molecule has 24 heavy (non-hydrogen) atoms. The summed E-state index contributed by atoms with van der Waals surface area (Å²) < 4.78 is 38.3. The molecule has 0 fully saturated rings. The van der Waals surface area contributed by atoms with Gasteiger partial charge in [-0.05, 0) is 60.7 Å². The Kier molecular flexibility index (Phi) is 4.78. The molecule has 0 aliphatic carbocycles. The van der Waals surface area contributed by atoms with Crippen LogP contribution >= 0.6 is 0 Å². The van der Waals surface area contributed by atoms with Gasteiger partial charge in [-0.1, -0.05) is 12.1 Å². The van der Waals surface area contributed by atoms with E-state index in [0.717, 1.165) is 41.9 Å². The molecule has 5 nitrogen and oxygen atoms in total. The Balaban J connectivity index is 1.74. The topological polar surface area (TPSA) is 64.6 Å². The van der Waals surface area contributed by atoms with E-state index in [1.54, 1.807) is 25.3 Å². The van der Waals surface area contributed by atoms with Crippen molar-refractivity contribution in [2.75, 3.05) is 13.7 Å². The number of hydrogen-bond donors (Lipinski definition) is 1. The highest BCUT2D eigenvalue weighted by Crippen LogP contribution is 2.26. The van der Waals surface area contributed by atoms with E-state index in [1.165, 1.54) is 0 Å². The van der Waals surface area contributed by atoms with Crippen LogP contribution in [0.15, 0.2) is 41.3 Å². The van der Waals surface area contributed by atoms with E-state index in [4.69, 9.17) is 9.47 Å². The van der Waals surface area contributed by atoms with Gasteiger partial charge in [0.05, 0.1) is 18.6 Å². The SMILES string of the molecule is COc1ccc(S(=O)(=O)NCc2ccc3c(c2)CCCO3)cc1C. The summed E-state index contributed by atoms with van der Waals surface area (Å²) in [6.45, 7) is 2.82. The lowest BCUT2D eigenvalue weighted by Crippen LogP contribution is -2.23. The van der Waals surface area contributed by atoms with Crippen molar-refractivity contribution in [1.29, 1.82) is 0 Å². The van der Waals surface area contributed by atoms with E-state index in [1.807, 2.05) is 25.1 Å². The van der Waals surface area contributed by atoms with Crippen LogP contribution in [0, 0.1) is 6.92 Å². The third-order valence-electron chi connectivity index (χ3n) is 4.12. The lowest BCUT2D eigenvalue weighted by atomic mass is 10.0. The van der Waals surface area contributed by atoms with Crippen molar-refractivity contribution in [2.24, 2.45) is 0 Å². The standard InChI is InChI=1S/C18H21NO4S/c1-13-10-16(6-8-17(13)22-2)24(20,21)19-12-14-5-7-18-15(11-14)4-3-9-23-18/h5-8,10-11,19H,3-4,9,12H2,1-2H3. The first kappa shape index (κ1) is 16.8. The lowest BCUT2D eigenvalue weighted by molar-refractivity contribution is 0.288. The van der Waals surface area contributed by atoms with Crippen molar-refractivity contribution in [1.82, 2.24) is 4.72 Å². The summed E-state index contributed by atoms with van der Waals surface area (Å²) in [4.78, 5) is 0.238. The number of hydrogen-bond acceptors (Lipinski definition) is 4. The molecular weight excluding hydrogens is 326 g/mol. The molecule has 0 bridgehead atoms. The molecule has 0 unspecified atom stereocenters. The number of fused-ring (bicyclic) bond motifs is 1. The molecule has 0 atom stereocenters. The average molecular weight is 347 g/mol. The van der Waals surface area contributed by atoms with Crippen LogP contribution < -0.4 is 14.2 Å². The van der Waals surface area contributed by atoms with Crippen LogP contribution in [0.3, 0.4) is 0 Å². The summed E-state index contributed by atoms with van der Waals surface area (Å²) in [5.74, 6) is 1.57. The molecule has 2 aromatic carbocycles. The van der Waals surface area contributed by atoms with E-state index >= 15 is 0 Å². The third-order valence-corrected chi connectivity index (χ3v) is 5.51. The zero-order chi connectivity index (χ0) is 17.2. The number of aryl methyl sites for hydroxylation is 2. The van der Waals surface area contributed by atoms with Gasteiger partial charge in [0.15, 0.2) is 0 Å². The average Bonchev–Trinajstić information content (AvgIpc) is 2.60. The Morgan fingerprint density at radius 3 is 2.79 bits per heavy atom. The Morgan fingerprint density at radius 2 is 2.04 bits per heavy atom. The quantitative estimate of drug-likeness (QED) is 0.903. The van der Waals surface area contributed by atoms with Crippen LogP contribution in [0.1, 0.15) is 23.1 Å². The smallest absolute Gasteiger partial charge is 0.240 e. The highest BCUT2D eigenvalue weighted by Gasteiger charge is 2.16. The maximum absolute atomic E-state index is 12.5. The van der Waals surface area contributed by atoms with Gasteiger partial charge in [0.1, 0.15) is 11.5 Å². The highest BCUT2D eigenvalue weighted by molar-refractivity contribution is 7.89. The Hall–Kier alpha value is -2.05. The van der Waals surface area contributed by atoms with Crippen molar-refractivity contribution in [3.05, 3.63) is 53.1 Å². The van der Waals surface area contributed by atoms with Gasteiger partial charge in [-0.15, -0.1) is 0 Å². The molecule has 1 aliphatic heterocycles. The first-order valence-electron chi connectivity index (χ1n) is 7.88. The number of sulfonamides is 1. The van der Waals surface area contributed by atoms with Crippen molar-refractivity contribution in [3.8, 4) is 11.5 Å². The Morgan fingerprint density at radius 1 is 1.21 bits per heavy atom. The monoisotopic (exact) mass is 347 g/mol. The minimum Gasteiger partial charge on any atom is -0.496 e. The second kappa shape index (κ2) is 6.83. The van der Waals surface area contributed by atoms with E-state index in [9.17, 15) is 8.42 Å². The van der Waals surface area contributed by atoms with Gasteiger partial charge in [0.2, 0.25) is 10.0 Å². The second-order valence-corrected chi connectivity index (χ2v) is 7.62. The molecule has 0 radical (unpaired) electrons. The maximum atomic E-state index is 12.5. The number of nitrogens with one attached hydrogen (secondary N) is 1. The maximum Gasteiger partial charge on any atom is 0.240 e. The molecule has 0 spiro atoms. The minimum absolute atomic E-state index is 0.238. The van der Waals surface area contributed by atoms with Gasteiger partial charge in [0, 0.05) is 6.54 Å². The fraction of sp³-hybridized carbons (Fsp3) is 0.333. The zero-order valence-electron chi connectivity index (χ0n) is 13.8. The largest absolute Gasteiger partial charge is 0.496 e. The molecule has 0 aromatic heterocycles. The summed E-state index contributed by atoms with van der Waals surface area (Å²) in [5, 5.41) is 0. The molecule has 1 N–H and O–H groups in total. The third kappa shape index (κ3) is 3.55. The minimum atomic E-state index is -3.56. The lowest BCUT2D eigenvalue weighted by Gasteiger charge is -2.18. The van der Waals surface area contributed by atoms with Crippen molar-refractivity contribution < 1.29 is 17.9 Å². The molecule has 0 amide bonds. The molecule has 0 saturated carbocycles. The first-order valence-corrected chi connectivity index (χ1v) is 9.37. The van der Waals surface area contributed by atoms with Gasteiger partial charge in [-0.2, -0.15) is 0 Å². The molecular formula is C18H21NO4S. The van der Waals surface area contributed by atoms with Crippen LogP contribution in [-0.2, 0) is 23.0 Å². The van der Waals surface area contributed by atoms with Gasteiger partial charge >= 0.3 is 0 Å². The van der Waals surface area contributed by atoms with Gasteiger partial charge in [-0.3, -0.25) is 0 Å². The Labute approximate surface area is 142 Å². The Bertz CT molecular complexity index is 846. The van der Waals surface area contributed by atoms with Gasteiger partial charge in [0.25, 0.3) is 0 Å². The molecule has 3 rings (SSSR count). The number of rotatable bonds is 5. The molecule has 2 aromatic rings. The van der Waals surface area contributed by atoms with Crippen molar-refractivity contribution >= 4 is 10.0 Å². The van der Waals surface area contributed by atoms with E-state index in [-0.39, 0.29) is 11.4 Å². The fourth-order valence-electron chi connectivity index (χ4n) is 2.80. The summed E-state index contributed by atoms with van der Waals surface area (Å²) in [5.41, 5.74) is 2.85. The van der Waals surface area contributed by atoms with Crippen molar-refractivity contribution in [3.63, 3.8) is 0 Å². The van der Waals surface area contributed by atoms with E-state index in [0.29, 0.717) is 5.75 Å². The summed E-state index contributed by atoms with van der Waals surface area (Å²) in [7, 11) is -2.00. The normalized spacial score (nSPS) is 13.9. The van der Waals surface area contributed by atoms with E-state index < -0.39 is 10.0 Å². The summed E-state index contributed by atoms with van der Waals surface area (Å²) in [6, 6.07) is 10.6. The van der Waals surface area contributed by atoms with Crippen molar-refractivity contribution in [2.45, 2.75) is 31.2 Å². The van der Waals surface area contributed by atoms with Crippen LogP contribution in [0.25, 0.3) is 0 Å². The fourth-order valence-corrected chi connectivity index (χ4v) is 3.91. The van der Waals surface area contributed by atoms with Gasteiger partial charge in [-0.25, -0.2) is 13.1 Å². The van der Waals surface area contributed by atoms with Gasteiger partial charge < -0.3 is 9.47 Å². The summed E-state index contributed by atoms with van der Waals surface area (Å²) in [6.07, 6.45) is 1.96. The van der Waals surface area contributed by atoms with E-state index in [2.05, 4.69) is 4.72 Å². The molecule has 6 heteroatoms. The summed E-state index contributed by atoms with van der Waals surface area (Å²) >= 11 is 0. The molecule has 1 aliphatic rings. The zero-order valence-corrected chi connectivity index (χ0v) is 14.7. The molecule has 1 heterocycles. The predicted octanol–water partition coefficient (Wildman–Crippen LogP) is 2.81. The van der Waals surface area contributed by atoms with Crippen LogP contribution in [-0.4, -0.2) is 22.1 Å². The molecule has 128 valence electrons. The van der Waals surface area contributed by atoms with Crippen LogP contribution in [0.4, 0.5) is 0 Å². The first-order chi connectivity index (χ1) is 11.5. The predicted molar refractivity (Wildman–Crippen MR) is 92.0 cm³/mol. The van der Waals surface area contributed by atoms with Crippen LogP contribution in [0.5, 0.6) is 11.5 Å². The second-order valence-electron chi connectivity index (χ2n) is 5.85. The number of ether oxygens (including phenoxy) is 2. The van der Waals surface area contributed by atoms with Crippen LogP contribution in [0.2, 0.25) is 0 Å². The number of methoxy groups -OCH3 is 1.